The molecule has 0 bridgehead atoms. The van der Waals surface area contributed by atoms with Gasteiger partial charge in [-0.1, -0.05) is 0 Å². The molecule has 0 saturated heterocycles. The molecule has 0 aliphatic rings. The quantitative estimate of drug-likeness (QED) is 0.761. The number of carbonyl (C=O) groups is 1. The zero-order chi connectivity index (χ0) is 12.3. The van der Waals surface area contributed by atoms with Crippen molar-refractivity contribution >= 4 is 17.2 Å². The van der Waals surface area contributed by atoms with Gasteiger partial charge in [0.2, 0.25) is 0 Å². The van der Waals surface area contributed by atoms with Crippen LogP contribution in [0.15, 0.2) is 24.3 Å². The highest BCUT2D eigenvalue weighted by Crippen LogP contribution is 2.17. The van der Waals surface area contributed by atoms with Crippen LogP contribution in [-0.2, 0) is 11.2 Å². The van der Waals surface area contributed by atoms with Crippen molar-refractivity contribution in [1.82, 2.24) is 4.98 Å². The number of pyridine rings is 1. The van der Waals surface area contributed by atoms with Gasteiger partial charge in [0.1, 0.15) is 11.5 Å². The van der Waals surface area contributed by atoms with E-state index in [1.807, 2.05) is 0 Å². The largest absolute Gasteiger partial charge is 0.384 e. The number of halogens is 1. The Morgan fingerprint density at radius 3 is 2.94 bits per heavy atom. The van der Waals surface area contributed by atoms with Crippen molar-refractivity contribution in [3.05, 3.63) is 41.3 Å². The average molecular weight is 233 g/mol. The zero-order valence-electron chi connectivity index (χ0n) is 9.44. The van der Waals surface area contributed by atoms with Crippen molar-refractivity contribution < 1.29 is 13.9 Å². The lowest BCUT2D eigenvalue weighted by Crippen LogP contribution is -2.01. The number of rotatable bonds is 4. The molecular weight excluding hydrogens is 221 g/mol. The molecule has 2 rings (SSSR count). The first-order valence-electron chi connectivity index (χ1n) is 5.28. The number of aromatic nitrogens is 1. The summed E-state index contributed by atoms with van der Waals surface area (Å²) in [7, 11) is 1.59. The van der Waals surface area contributed by atoms with Gasteiger partial charge in [0.25, 0.3) is 0 Å². The summed E-state index contributed by atoms with van der Waals surface area (Å²) in [6.07, 6.45) is 1.30. The molecule has 0 radical (unpaired) electrons. The molecule has 1 aromatic heterocycles. The lowest BCUT2D eigenvalue weighted by Gasteiger charge is -2.06. The van der Waals surface area contributed by atoms with Crippen LogP contribution >= 0.6 is 0 Å². The SMILES string of the molecule is COCCc1cc2cc(F)ccc2nc1C=O. The van der Waals surface area contributed by atoms with Crippen LogP contribution in [0, 0.1) is 5.82 Å². The number of carbonyl (C=O) groups excluding carboxylic acids is 1. The maximum absolute atomic E-state index is 13.1. The van der Waals surface area contributed by atoms with Gasteiger partial charge in [-0.15, -0.1) is 0 Å². The number of ether oxygens (including phenoxy) is 1. The number of nitrogens with zero attached hydrogens (tertiary/aromatic N) is 1. The monoisotopic (exact) mass is 233 g/mol. The number of benzene rings is 1. The van der Waals surface area contributed by atoms with Gasteiger partial charge in [0.15, 0.2) is 6.29 Å². The van der Waals surface area contributed by atoms with E-state index in [4.69, 9.17) is 4.74 Å². The maximum atomic E-state index is 13.1. The van der Waals surface area contributed by atoms with Crippen LogP contribution in [0.2, 0.25) is 0 Å². The summed E-state index contributed by atoms with van der Waals surface area (Å²) in [5.41, 5.74) is 1.79. The van der Waals surface area contributed by atoms with E-state index in [2.05, 4.69) is 4.98 Å². The average Bonchev–Trinajstić information content (AvgIpc) is 2.35. The molecule has 0 saturated carbocycles. The number of methoxy groups -OCH3 is 1. The second-order valence-corrected chi connectivity index (χ2v) is 3.73. The fourth-order valence-electron chi connectivity index (χ4n) is 1.72. The third-order valence-corrected chi connectivity index (χ3v) is 2.58. The van der Waals surface area contributed by atoms with E-state index in [0.717, 1.165) is 5.56 Å². The molecule has 17 heavy (non-hydrogen) atoms. The summed E-state index contributed by atoms with van der Waals surface area (Å²) < 4.78 is 18.0. The van der Waals surface area contributed by atoms with Crippen LogP contribution in [0.25, 0.3) is 10.9 Å². The van der Waals surface area contributed by atoms with E-state index in [1.54, 1.807) is 19.2 Å². The van der Waals surface area contributed by atoms with Crippen molar-refractivity contribution in [1.29, 1.82) is 0 Å². The first-order chi connectivity index (χ1) is 8.24. The van der Waals surface area contributed by atoms with Gasteiger partial charge in [-0.25, -0.2) is 9.37 Å². The molecule has 0 amide bonds. The minimum Gasteiger partial charge on any atom is -0.384 e. The Morgan fingerprint density at radius 1 is 1.41 bits per heavy atom. The Bertz CT molecular complexity index is 554. The number of hydrogen-bond donors (Lipinski definition) is 0. The van der Waals surface area contributed by atoms with E-state index in [9.17, 15) is 9.18 Å². The molecule has 0 N–H and O–H groups in total. The van der Waals surface area contributed by atoms with Crippen molar-refractivity contribution in [2.45, 2.75) is 6.42 Å². The van der Waals surface area contributed by atoms with Gasteiger partial charge in [0, 0.05) is 12.5 Å². The van der Waals surface area contributed by atoms with E-state index < -0.39 is 0 Å². The topological polar surface area (TPSA) is 39.2 Å². The van der Waals surface area contributed by atoms with Gasteiger partial charge in [-0.05, 0) is 36.2 Å². The molecule has 1 heterocycles. The predicted molar refractivity (Wildman–Crippen MR) is 62.7 cm³/mol. The number of fused-ring (bicyclic) bond motifs is 1. The van der Waals surface area contributed by atoms with Crippen LogP contribution in [0.4, 0.5) is 4.39 Å². The van der Waals surface area contributed by atoms with E-state index >= 15 is 0 Å². The summed E-state index contributed by atoms with van der Waals surface area (Å²) >= 11 is 0. The van der Waals surface area contributed by atoms with Crippen LogP contribution in [-0.4, -0.2) is 25.0 Å². The molecular formula is C13H12FNO2. The second-order valence-electron chi connectivity index (χ2n) is 3.73. The van der Waals surface area contributed by atoms with Crippen molar-refractivity contribution in [2.24, 2.45) is 0 Å². The summed E-state index contributed by atoms with van der Waals surface area (Å²) in [5, 5.41) is 0.696. The highest BCUT2D eigenvalue weighted by atomic mass is 19.1. The molecule has 0 unspecified atom stereocenters. The Morgan fingerprint density at radius 2 is 2.24 bits per heavy atom. The molecule has 4 heteroatoms. The van der Waals surface area contributed by atoms with Gasteiger partial charge >= 0.3 is 0 Å². The first-order valence-corrected chi connectivity index (χ1v) is 5.28. The first kappa shape index (κ1) is 11.7. The molecule has 88 valence electrons. The van der Waals surface area contributed by atoms with Crippen molar-refractivity contribution in [3.63, 3.8) is 0 Å². The van der Waals surface area contributed by atoms with Crippen LogP contribution in [0.3, 0.4) is 0 Å². The zero-order valence-corrected chi connectivity index (χ0v) is 9.44. The number of aldehydes is 1. The van der Waals surface area contributed by atoms with E-state index in [0.29, 0.717) is 35.9 Å². The highest BCUT2D eigenvalue weighted by molar-refractivity contribution is 5.85. The van der Waals surface area contributed by atoms with Crippen molar-refractivity contribution in [2.75, 3.05) is 13.7 Å². The number of hydrogen-bond acceptors (Lipinski definition) is 3. The van der Waals surface area contributed by atoms with Gasteiger partial charge < -0.3 is 4.74 Å². The van der Waals surface area contributed by atoms with Gasteiger partial charge in [-0.2, -0.15) is 0 Å². The lowest BCUT2D eigenvalue weighted by atomic mass is 10.1. The molecule has 0 aliphatic heterocycles. The molecule has 2 aromatic rings. The van der Waals surface area contributed by atoms with Gasteiger partial charge in [-0.3, -0.25) is 4.79 Å². The van der Waals surface area contributed by atoms with E-state index in [-0.39, 0.29) is 5.82 Å². The second kappa shape index (κ2) is 5.01. The fraction of sp³-hybridized carbons (Fsp3) is 0.231. The molecule has 0 spiro atoms. The standard InChI is InChI=1S/C13H12FNO2/c1-17-5-4-9-6-10-7-11(14)2-3-12(10)15-13(9)8-16/h2-3,6-8H,4-5H2,1H3. The minimum atomic E-state index is -0.309. The van der Waals surface area contributed by atoms with Gasteiger partial charge in [0.05, 0.1) is 12.1 Å². The molecule has 0 fully saturated rings. The smallest absolute Gasteiger partial charge is 0.168 e. The summed E-state index contributed by atoms with van der Waals surface area (Å²) in [6, 6.07) is 6.10. The molecule has 0 atom stereocenters. The highest BCUT2D eigenvalue weighted by Gasteiger charge is 2.06. The normalized spacial score (nSPS) is 10.7. The maximum Gasteiger partial charge on any atom is 0.168 e. The lowest BCUT2D eigenvalue weighted by molar-refractivity contribution is 0.111. The third kappa shape index (κ3) is 2.47. The summed E-state index contributed by atoms with van der Waals surface area (Å²) in [5.74, 6) is -0.309. The summed E-state index contributed by atoms with van der Waals surface area (Å²) in [6.45, 7) is 0.503. The minimum absolute atomic E-state index is 0.309. The molecule has 1 aromatic carbocycles. The Hall–Kier alpha value is -1.81. The van der Waals surface area contributed by atoms with Crippen LogP contribution in [0.1, 0.15) is 16.1 Å². The predicted octanol–water partition coefficient (Wildman–Crippen LogP) is 2.38. The summed E-state index contributed by atoms with van der Waals surface area (Å²) in [4.78, 5) is 15.1. The van der Waals surface area contributed by atoms with Crippen molar-refractivity contribution in [3.8, 4) is 0 Å². The van der Waals surface area contributed by atoms with E-state index in [1.165, 1.54) is 12.1 Å². The Labute approximate surface area is 98.2 Å². The molecule has 3 nitrogen and oxygen atoms in total. The molecule has 0 aliphatic carbocycles. The Kier molecular flexibility index (Phi) is 3.44. The van der Waals surface area contributed by atoms with Crippen LogP contribution < -0.4 is 0 Å². The fourth-order valence-corrected chi connectivity index (χ4v) is 1.72. The Balaban J connectivity index is 2.53. The third-order valence-electron chi connectivity index (χ3n) is 2.58. The van der Waals surface area contributed by atoms with Crippen LogP contribution in [0.5, 0.6) is 0 Å².